The van der Waals surface area contributed by atoms with Crippen molar-refractivity contribution < 1.29 is 14.6 Å². The van der Waals surface area contributed by atoms with E-state index in [1.165, 1.54) is 5.56 Å². The minimum Gasteiger partial charge on any atom is -0.389 e. The molecule has 1 unspecified atom stereocenters. The largest absolute Gasteiger partial charge is 0.389 e. The molecule has 2 aliphatic heterocycles. The van der Waals surface area contributed by atoms with Crippen molar-refractivity contribution in [2.45, 2.75) is 57.3 Å². The predicted octanol–water partition coefficient (Wildman–Crippen LogP) is 2.08. The fraction of sp³-hybridized carbons (Fsp3) is 0.667. The summed E-state index contributed by atoms with van der Waals surface area (Å²) in [6.45, 7) is 9.32. The van der Waals surface area contributed by atoms with E-state index < -0.39 is 11.7 Å². The number of hydrogen-bond acceptors (Lipinski definition) is 4. The van der Waals surface area contributed by atoms with Gasteiger partial charge in [0.15, 0.2) is 0 Å². The minimum absolute atomic E-state index is 0.00995. The molecule has 5 heteroatoms. The number of carbonyl (C=O) groups excluding carboxylic acids is 1. The van der Waals surface area contributed by atoms with Crippen molar-refractivity contribution in [2.75, 3.05) is 32.7 Å². The molecule has 1 spiro atoms. The molecule has 1 N–H and O–H groups in total. The third-order valence-electron chi connectivity index (χ3n) is 5.47. The number of hydrogen-bond donors (Lipinski definition) is 1. The monoisotopic (exact) mass is 360 g/mol. The molecule has 0 saturated carbocycles. The average Bonchev–Trinajstić information content (AvgIpc) is 2.59. The third-order valence-corrected chi connectivity index (χ3v) is 5.47. The molecule has 1 atom stereocenters. The fourth-order valence-electron chi connectivity index (χ4n) is 4.14. The van der Waals surface area contributed by atoms with E-state index in [-0.39, 0.29) is 11.5 Å². The van der Waals surface area contributed by atoms with Crippen molar-refractivity contribution in [2.24, 2.45) is 0 Å². The van der Waals surface area contributed by atoms with Gasteiger partial charge in [0.1, 0.15) is 6.10 Å². The molecular formula is C21H32N2O3. The fourth-order valence-corrected chi connectivity index (χ4v) is 4.14. The van der Waals surface area contributed by atoms with Crippen LogP contribution in [0.2, 0.25) is 0 Å². The minimum atomic E-state index is -0.885. The summed E-state index contributed by atoms with van der Waals surface area (Å²) < 4.78 is 6.18. The van der Waals surface area contributed by atoms with Crippen molar-refractivity contribution in [3.8, 4) is 0 Å². The van der Waals surface area contributed by atoms with Crippen LogP contribution in [-0.2, 0) is 16.0 Å². The Morgan fingerprint density at radius 2 is 1.88 bits per heavy atom. The summed E-state index contributed by atoms with van der Waals surface area (Å²) in [5.74, 6) is -0.00995. The normalized spacial score (nSPS) is 24.2. The first-order valence-electron chi connectivity index (χ1n) is 9.72. The van der Waals surface area contributed by atoms with E-state index in [0.717, 1.165) is 38.9 Å². The maximum absolute atomic E-state index is 12.4. The molecule has 2 heterocycles. The summed E-state index contributed by atoms with van der Waals surface area (Å²) in [5, 5.41) is 10.1. The lowest BCUT2D eigenvalue weighted by Gasteiger charge is -2.49. The van der Waals surface area contributed by atoms with Gasteiger partial charge < -0.3 is 19.6 Å². The van der Waals surface area contributed by atoms with Crippen LogP contribution in [0, 0.1) is 0 Å². The Hall–Kier alpha value is -1.43. The molecule has 2 aliphatic rings. The standard InChI is InChI=1S/C21H32N2O3/c1-17-19(24)23(15-20(2,3)25)16-21(26-17)10-13-22(14-11-21)12-9-18-7-5-4-6-8-18/h4-8,17,25H,9-16H2,1-3H3. The van der Waals surface area contributed by atoms with E-state index in [9.17, 15) is 9.90 Å². The Labute approximate surface area is 156 Å². The number of nitrogens with zero attached hydrogens (tertiary/aromatic N) is 2. The molecule has 2 fully saturated rings. The van der Waals surface area contributed by atoms with Crippen molar-refractivity contribution in [3.63, 3.8) is 0 Å². The zero-order valence-corrected chi connectivity index (χ0v) is 16.3. The molecule has 1 aromatic carbocycles. The van der Waals surface area contributed by atoms with E-state index in [0.29, 0.717) is 13.1 Å². The number of amides is 1. The van der Waals surface area contributed by atoms with Crippen LogP contribution >= 0.6 is 0 Å². The smallest absolute Gasteiger partial charge is 0.251 e. The zero-order valence-electron chi connectivity index (χ0n) is 16.3. The van der Waals surface area contributed by atoms with Crippen LogP contribution in [0.4, 0.5) is 0 Å². The number of morpholine rings is 1. The zero-order chi connectivity index (χ0) is 18.8. The van der Waals surface area contributed by atoms with Gasteiger partial charge in [-0.25, -0.2) is 0 Å². The van der Waals surface area contributed by atoms with E-state index in [4.69, 9.17) is 4.74 Å². The maximum Gasteiger partial charge on any atom is 0.251 e. The Kier molecular flexibility index (Phi) is 5.70. The maximum atomic E-state index is 12.4. The van der Waals surface area contributed by atoms with Crippen molar-refractivity contribution in [3.05, 3.63) is 35.9 Å². The SMILES string of the molecule is CC1OC2(CCN(CCc3ccccc3)CC2)CN(CC(C)(C)O)C1=O. The molecule has 1 aromatic rings. The highest BCUT2D eigenvalue weighted by atomic mass is 16.5. The van der Waals surface area contributed by atoms with Gasteiger partial charge in [-0.15, -0.1) is 0 Å². The Morgan fingerprint density at radius 1 is 1.23 bits per heavy atom. The van der Waals surface area contributed by atoms with Gasteiger partial charge >= 0.3 is 0 Å². The van der Waals surface area contributed by atoms with Crippen molar-refractivity contribution in [1.29, 1.82) is 0 Å². The number of likely N-dealkylation sites (tertiary alicyclic amines) is 1. The number of rotatable bonds is 5. The molecule has 0 bridgehead atoms. The van der Waals surface area contributed by atoms with Gasteiger partial charge in [0.05, 0.1) is 11.2 Å². The number of benzene rings is 1. The number of β-amino-alcohol motifs (C(OH)–C–C–N with tert-alkyl or cyclic N) is 1. The van der Waals surface area contributed by atoms with Crippen LogP contribution in [-0.4, -0.2) is 70.8 Å². The summed E-state index contributed by atoms with van der Waals surface area (Å²) in [4.78, 5) is 16.7. The number of carbonyl (C=O) groups is 1. The highest BCUT2D eigenvalue weighted by Gasteiger charge is 2.45. The summed E-state index contributed by atoms with van der Waals surface area (Å²) in [7, 11) is 0. The summed E-state index contributed by atoms with van der Waals surface area (Å²) >= 11 is 0. The molecule has 5 nitrogen and oxygen atoms in total. The van der Waals surface area contributed by atoms with Gasteiger partial charge in [-0.2, -0.15) is 0 Å². The van der Waals surface area contributed by atoms with E-state index >= 15 is 0 Å². The molecule has 3 rings (SSSR count). The van der Waals surface area contributed by atoms with Crippen LogP contribution in [0.15, 0.2) is 30.3 Å². The van der Waals surface area contributed by atoms with Crippen LogP contribution in [0.1, 0.15) is 39.2 Å². The van der Waals surface area contributed by atoms with Gasteiger partial charge in [-0.05, 0) is 45.6 Å². The molecule has 1 amide bonds. The lowest BCUT2D eigenvalue weighted by atomic mass is 9.87. The predicted molar refractivity (Wildman–Crippen MR) is 102 cm³/mol. The Bertz CT molecular complexity index is 603. The van der Waals surface area contributed by atoms with Crippen molar-refractivity contribution in [1.82, 2.24) is 9.80 Å². The first kappa shape index (κ1) is 19.3. The van der Waals surface area contributed by atoms with Gasteiger partial charge in [0.25, 0.3) is 5.91 Å². The highest BCUT2D eigenvalue weighted by molar-refractivity contribution is 5.81. The van der Waals surface area contributed by atoms with Gasteiger partial charge in [-0.3, -0.25) is 4.79 Å². The molecule has 0 radical (unpaired) electrons. The molecule has 0 aliphatic carbocycles. The molecule has 26 heavy (non-hydrogen) atoms. The quantitative estimate of drug-likeness (QED) is 0.874. The van der Waals surface area contributed by atoms with Crippen LogP contribution in [0.25, 0.3) is 0 Å². The van der Waals surface area contributed by atoms with E-state index in [2.05, 4.69) is 35.2 Å². The summed E-state index contributed by atoms with van der Waals surface area (Å²) in [6.07, 6.45) is 2.50. The molecular weight excluding hydrogens is 328 g/mol. The second kappa shape index (κ2) is 7.67. The lowest BCUT2D eigenvalue weighted by molar-refractivity contribution is -0.193. The number of ether oxygens (including phenoxy) is 1. The molecule has 0 aromatic heterocycles. The molecule has 2 saturated heterocycles. The Morgan fingerprint density at radius 3 is 2.50 bits per heavy atom. The highest BCUT2D eigenvalue weighted by Crippen LogP contribution is 2.33. The number of piperidine rings is 1. The van der Waals surface area contributed by atoms with Crippen LogP contribution in [0.5, 0.6) is 0 Å². The lowest BCUT2D eigenvalue weighted by Crippen LogP contribution is -2.63. The first-order valence-corrected chi connectivity index (χ1v) is 9.72. The Balaban J connectivity index is 1.55. The van der Waals surface area contributed by atoms with Crippen LogP contribution < -0.4 is 0 Å². The summed E-state index contributed by atoms with van der Waals surface area (Å²) in [5.41, 5.74) is 0.226. The summed E-state index contributed by atoms with van der Waals surface area (Å²) in [6, 6.07) is 10.6. The van der Waals surface area contributed by atoms with Gasteiger partial charge in [0, 0.05) is 32.7 Å². The second-order valence-corrected chi connectivity index (χ2v) is 8.53. The third kappa shape index (κ3) is 4.84. The number of aliphatic hydroxyl groups is 1. The van der Waals surface area contributed by atoms with E-state index in [1.807, 2.05) is 6.92 Å². The van der Waals surface area contributed by atoms with Gasteiger partial charge in [-0.1, -0.05) is 30.3 Å². The average molecular weight is 360 g/mol. The second-order valence-electron chi connectivity index (χ2n) is 8.53. The van der Waals surface area contributed by atoms with E-state index in [1.54, 1.807) is 18.7 Å². The van der Waals surface area contributed by atoms with Gasteiger partial charge in [0.2, 0.25) is 0 Å². The van der Waals surface area contributed by atoms with Crippen LogP contribution in [0.3, 0.4) is 0 Å². The topological polar surface area (TPSA) is 53.0 Å². The van der Waals surface area contributed by atoms with Crippen molar-refractivity contribution >= 4 is 5.91 Å². The first-order chi connectivity index (χ1) is 12.3. The molecule has 144 valence electrons.